The van der Waals surface area contributed by atoms with Gasteiger partial charge in [-0.3, -0.25) is 0 Å². The molecule has 0 aliphatic carbocycles. The molecule has 0 saturated heterocycles. The Balaban J connectivity index is 2.10. The van der Waals surface area contributed by atoms with Gasteiger partial charge >= 0.3 is 0 Å². The van der Waals surface area contributed by atoms with Gasteiger partial charge in [0.1, 0.15) is 5.82 Å². The number of benzene rings is 2. The predicted molar refractivity (Wildman–Crippen MR) is 82.3 cm³/mol. The smallest absolute Gasteiger partial charge is 0.125 e. The average Bonchev–Trinajstić information content (AvgIpc) is 2.38. The van der Waals surface area contributed by atoms with Gasteiger partial charge in [0, 0.05) is 11.0 Å². The molecule has 1 nitrogen and oxygen atoms in total. The Morgan fingerprint density at radius 3 is 2.37 bits per heavy atom. The van der Waals surface area contributed by atoms with Gasteiger partial charge in [-0.05, 0) is 45.6 Å². The van der Waals surface area contributed by atoms with Crippen LogP contribution in [0, 0.1) is 5.82 Å². The fourth-order valence-corrected chi connectivity index (χ4v) is 2.75. The maximum absolute atomic E-state index is 13.1. The first-order valence-electron chi connectivity index (χ1n) is 6.06. The Kier molecular flexibility index (Phi) is 4.83. The summed E-state index contributed by atoms with van der Waals surface area (Å²) in [5.41, 5.74) is 3.18. The van der Waals surface area contributed by atoms with Crippen LogP contribution in [0.3, 0.4) is 0 Å². The number of aryl methyl sites for hydroxylation is 1. The molecule has 0 unspecified atom stereocenters. The van der Waals surface area contributed by atoms with Crippen molar-refractivity contribution >= 4 is 33.2 Å². The molecule has 0 saturated carbocycles. The molecule has 0 amide bonds. The van der Waals surface area contributed by atoms with Gasteiger partial charge in [0.2, 0.25) is 0 Å². The van der Waals surface area contributed by atoms with Gasteiger partial charge in [0.15, 0.2) is 0 Å². The molecule has 0 aromatic heterocycles. The van der Waals surface area contributed by atoms with Crippen molar-refractivity contribution in [2.45, 2.75) is 19.9 Å². The third-order valence-corrected chi connectivity index (χ3v) is 3.83. The minimum Gasteiger partial charge on any atom is -0.379 e. The number of anilines is 1. The maximum atomic E-state index is 13.1. The normalized spacial score (nSPS) is 10.5. The standard InChI is InChI=1S/C15H14BrClFN/c1-2-10-3-5-11(6-4-10)9-19-15-13(16)7-12(18)8-14(15)17/h3-8,19H,2,9H2,1H3. The van der Waals surface area contributed by atoms with E-state index >= 15 is 0 Å². The minimum absolute atomic E-state index is 0.352. The van der Waals surface area contributed by atoms with Crippen LogP contribution in [-0.4, -0.2) is 0 Å². The second-order valence-corrected chi connectivity index (χ2v) is 5.53. The fraction of sp³-hybridized carbons (Fsp3) is 0.200. The van der Waals surface area contributed by atoms with E-state index in [-0.39, 0.29) is 5.82 Å². The summed E-state index contributed by atoms with van der Waals surface area (Å²) in [5.74, 6) is -0.352. The summed E-state index contributed by atoms with van der Waals surface area (Å²) in [5, 5.41) is 3.59. The van der Waals surface area contributed by atoms with Crippen LogP contribution in [-0.2, 0) is 13.0 Å². The lowest BCUT2D eigenvalue weighted by molar-refractivity contribution is 0.627. The molecule has 0 aliphatic rings. The summed E-state index contributed by atoms with van der Waals surface area (Å²) in [6.07, 6.45) is 1.03. The van der Waals surface area contributed by atoms with Crippen LogP contribution < -0.4 is 5.32 Å². The Labute approximate surface area is 125 Å². The minimum atomic E-state index is -0.352. The Morgan fingerprint density at radius 2 is 1.79 bits per heavy atom. The van der Waals surface area contributed by atoms with E-state index in [0.717, 1.165) is 12.0 Å². The van der Waals surface area contributed by atoms with Crippen molar-refractivity contribution in [3.63, 3.8) is 0 Å². The molecular weight excluding hydrogens is 329 g/mol. The van der Waals surface area contributed by atoms with E-state index in [1.54, 1.807) is 0 Å². The van der Waals surface area contributed by atoms with E-state index in [1.807, 2.05) is 0 Å². The topological polar surface area (TPSA) is 12.0 Å². The summed E-state index contributed by atoms with van der Waals surface area (Å²) in [4.78, 5) is 0. The van der Waals surface area contributed by atoms with Gasteiger partial charge in [-0.2, -0.15) is 0 Å². The number of nitrogens with one attached hydrogen (secondary N) is 1. The molecule has 0 bridgehead atoms. The van der Waals surface area contributed by atoms with Gasteiger partial charge < -0.3 is 5.32 Å². The van der Waals surface area contributed by atoms with Crippen LogP contribution in [0.25, 0.3) is 0 Å². The van der Waals surface area contributed by atoms with E-state index in [0.29, 0.717) is 21.7 Å². The Morgan fingerprint density at radius 1 is 1.16 bits per heavy atom. The van der Waals surface area contributed by atoms with E-state index in [2.05, 4.69) is 52.4 Å². The molecule has 100 valence electrons. The molecular formula is C15H14BrClFN. The highest BCUT2D eigenvalue weighted by Crippen LogP contribution is 2.32. The van der Waals surface area contributed by atoms with Gasteiger partial charge in [-0.15, -0.1) is 0 Å². The predicted octanol–water partition coefficient (Wildman–Crippen LogP) is 5.42. The summed E-state index contributed by atoms with van der Waals surface area (Å²) in [6, 6.07) is 11.1. The third-order valence-electron chi connectivity index (χ3n) is 2.91. The second kappa shape index (κ2) is 6.40. The van der Waals surface area contributed by atoms with Crippen molar-refractivity contribution in [3.05, 3.63) is 62.8 Å². The van der Waals surface area contributed by atoms with Crippen LogP contribution in [0.2, 0.25) is 5.02 Å². The molecule has 2 rings (SSSR count). The van der Waals surface area contributed by atoms with E-state index in [4.69, 9.17) is 11.6 Å². The monoisotopic (exact) mass is 341 g/mol. The van der Waals surface area contributed by atoms with E-state index in [1.165, 1.54) is 17.7 Å². The zero-order valence-corrected chi connectivity index (χ0v) is 12.9. The Hall–Kier alpha value is -1.06. The summed E-state index contributed by atoms with van der Waals surface area (Å²) >= 11 is 9.32. The van der Waals surface area contributed by atoms with Crippen LogP contribution >= 0.6 is 27.5 Å². The lowest BCUT2D eigenvalue weighted by Gasteiger charge is -2.11. The number of hydrogen-bond donors (Lipinski definition) is 1. The number of rotatable bonds is 4. The van der Waals surface area contributed by atoms with Crippen molar-refractivity contribution in [3.8, 4) is 0 Å². The van der Waals surface area contributed by atoms with Crippen LogP contribution in [0.1, 0.15) is 18.1 Å². The van der Waals surface area contributed by atoms with Gasteiger partial charge in [-0.1, -0.05) is 42.8 Å². The molecule has 4 heteroatoms. The fourth-order valence-electron chi connectivity index (χ4n) is 1.79. The molecule has 1 N–H and O–H groups in total. The zero-order chi connectivity index (χ0) is 13.8. The number of halogens is 3. The largest absolute Gasteiger partial charge is 0.379 e. The molecule has 0 radical (unpaired) electrons. The molecule has 2 aromatic rings. The SMILES string of the molecule is CCc1ccc(CNc2c(Cl)cc(F)cc2Br)cc1. The summed E-state index contributed by atoms with van der Waals surface area (Å²) in [7, 11) is 0. The lowest BCUT2D eigenvalue weighted by atomic mass is 10.1. The molecule has 0 atom stereocenters. The molecule has 0 spiro atoms. The molecule has 0 aliphatic heterocycles. The summed E-state index contributed by atoms with van der Waals surface area (Å²) in [6.45, 7) is 2.77. The van der Waals surface area contributed by atoms with Crippen molar-refractivity contribution in [2.75, 3.05) is 5.32 Å². The Bertz CT molecular complexity index is 546. The van der Waals surface area contributed by atoms with Crippen molar-refractivity contribution in [2.24, 2.45) is 0 Å². The first-order valence-corrected chi connectivity index (χ1v) is 7.23. The van der Waals surface area contributed by atoms with Gasteiger partial charge in [0.25, 0.3) is 0 Å². The molecule has 2 aromatic carbocycles. The average molecular weight is 343 g/mol. The highest BCUT2D eigenvalue weighted by molar-refractivity contribution is 9.10. The molecule has 0 fully saturated rings. The van der Waals surface area contributed by atoms with Gasteiger partial charge in [0.05, 0.1) is 10.7 Å². The van der Waals surface area contributed by atoms with Gasteiger partial charge in [-0.25, -0.2) is 4.39 Å². The molecule has 19 heavy (non-hydrogen) atoms. The quantitative estimate of drug-likeness (QED) is 0.782. The highest BCUT2D eigenvalue weighted by Gasteiger charge is 2.07. The van der Waals surface area contributed by atoms with Crippen LogP contribution in [0.5, 0.6) is 0 Å². The van der Waals surface area contributed by atoms with E-state index in [9.17, 15) is 4.39 Å². The van der Waals surface area contributed by atoms with Crippen molar-refractivity contribution < 1.29 is 4.39 Å². The van der Waals surface area contributed by atoms with Crippen molar-refractivity contribution in [1.29, 1.82) is 0 Å². The lowest BCUT2D eigenvalue weighted by Crippen LogP contribution is -2.01. The maximum Gasteiger partial charge on any atom is 0.125 e. The third kappa shape index (κ3) is 3.71. The highest BCUT2D eigenvalue weighted by atomic mass is 79.9. The van der Waals surface area contributed by atoms with E-state index < -0.39 is 0 Å². The molecule has 0 heterocycles. The zero-order valence-electron chi connectivity index (χ0n) is 10.5. The van der Waals surface area contributed by atoms with Crippen LogP contribution in [0.4, 0.5) is 10.1 Å². The first-order chi connectivity index (χ1) is 9.10. The summed E-state index contributed by atoms with van der Waals surface area (Å²) < 4.78 is 13.7. The van der Waals surface area contributed by atoms with Crippen molar-refractivity contribution in [1.82, 2.24) is 0 Å². The first kappa shape index (κ1) is 14.4. The van der Waals surface area contributed by atoms with Crippen LogP contribution in [0.15, 0.2) is 40.9 Å². The second-order valence-electron chi connectivity index (χ2n) is 4.27. The number of hydrogen-bond acceptors (Lipinski definition) is 1.